The van der Waals surface area contributed by atoms with Crippen molar-refractivity contribution in [3.05, 3.63) is 65.2 Å². The molecule has 2 aromatic rings. The van der Waals surface area contributed by atoms with Crippen LogP contribution >= 0.6 is 0 Å². The third-order valence-corrected chi connectivity index (χ3v) is 4.18. The third kappa shape index (κ3) is 2.72. The first-order valence-electron chi connectivity index (χ1n) is 7.19. The number of hydrogen-bond acceptors (Lipinski definition) is 3. The van der Waals surface area contributed by atoms with Crippen molar-refractivity contribution in [1.82, 2.24) is 9.88 Å². The highest BCUT2D eigenvalue weighted by Crippen LogP contribution is 2.34. The number of hydrogen-bond donors (Lipinski definition) is 1. The zero-order valence-electron chi connectivity index (χ0n) is 12.2. The Morgan fingerprint density at radius 1 is 1.32 bits per heavy atom. The minimum atomic E-state index is -0.904. The lowest BCUT2D eigenvalue weighted by Crippen LogP contribution is -2.49. The van der Waals surface area contributed by atoms with Gasteiger partial charge >= 0.3 is 5.97 Å². The summed E-state index contributed by atoms with van der Waals surface area (Å²) in [7, 11) is 0. The summed E-state index contributed by atoms with van der Waals surface area (Å²) in [5, 5.41) is 9.53. The van der Waals surface area contributed by atoms with Gasteiger partial charge < -0.3 is 5.11 Å². The van der Waals surface area contributed by atoms with E-state index in [9.17, 15) is 14.3 Å². The number of likely N-dealkylation sites (tertiary alicyclic amines) is 1. The van der Waals surface area contributed by atoms with E-state index in [1.54, 1.807) is 31.5 Å². The molecule has 0 radical (unpaired) electrons. The molecule has 5 heteroatoms. The van der Waals surface area contributed by atoms with Crippen molar-refractivity contribution in [1.29, 1.82) is 0 Å². The van der Waals surface area contributed by atoms with Crippen molar-refractivity contribution in [3.63, 3.8) is 0 Å². The SMILES string of the molecule is Cc1cc(C(C(=O)O)N2CC(c3ccncc3)C2)ccc1F. The van der Waals surface area contributed by atoms with Gasteiger partial charge in [0.25, 0.3) is 0 Å². The molecule has 1 N–H and O–H groups in total. The van der Waals surface area contributed by atoms with E-state index in [1.165, 1.54) is 11.6 Å². The van der Waals surface area contributed by atoms with Gasteiger partial charge in [-0.25, -0.2) is 4.39 Å². The molecule has 22 heavy (non-hydrogen) atoms. The van der Waals surface area contributed by atoms with E-state index in [0.29, 0.717) is 30.1 Å². The lowest BCUT2D eigenvalue weighted by Gasteiger charge is -2.43. The van der Waals surface area contributed by atoms with E-state index in [1.807, 2.05) is 17.0 Å². The molecule has 0 aliphatic carbocycles. The van der Waals surface area contributed by atoms with E-state index in [4.69, 9.17) is 0 Å². The summed E-state index contributed by atoms with van der Waals surface area (Å²) in [6.07, 6.45) is 3.49. The molecule has 1 saturated heterocycles. The highest BCUT2D eigenvalue weighted by atomic mass is 19.1. The maximum absolute atomic E-state index is 13.4. The Balaban J connectivity index is 1.77. The molecule has 0 amide bonds. The van der Waals surface area contributed by atoms with Gasteiger partial charge in [-0.05, 0) is 41.8 Å². The van der Waals surface area contributed by atoms with Gasteiger partial charge in [-0.3, -0.25) is 14.7 Å². The monoisotopic (exact) mass is 300 g/mol. The minimum Gasteiger partial charge on any atom is -0.480 e. The number of benzene rings is 1. The second-order valence-electron chi connectivity index (χ2n) is 5.68. The number of carboxylic acid groups (broad SMARTS) is 1. The zero-order chi connectivity index (χ0) is 15.7. The Morgan fingerprint density at radius 3 is 2.59 bits per heavy atom. The molecular formula is C17H17FN2O2. The first-order valence-corrected chi connectivity index (χ1v) is 7.19. The summed E-state index contributed by atoms with van der Waals surface area (Å²) in [4.78, 5) is 17.5. The van der Waals surface area contributed by atoms with E-state index >= 15 is 0 Å². The standard InChI is InChI=1S/C17H17FN2O2/c1-11-8-13(2-3-15(11)18)16(17(21)22)20-9-14(10-20)12-4-6-19-7-5-12/h2-8,14,16H,9-10H2,1H3,(H,21,22). The van der Waals surface area contributed by atoms with Gasteiger partial charge in [0.15, 0.2) is 0 Å². The topological polar surface area (TPSA) is 53.4 Å². The third-order valence-electron chi connectivity index (χ3n) is 4.18. The number of aliphatic carboxylic acids is 1. The molecular weight excluding hydrogens is 283 g/mol. The highest BCUT2D eigenvalue weighted by Gasteiger charge is 2.37. The van der Waals surface area contributed by atoms with Gasteiger partial charge in [0, 0.05) is 31.4 Å². The van der Waals surface area contributed by atoms with Crippen LogP contribution in [0, 0.1) is 12.7 Å². The van der Waals surface area contributed by atoms with Gasteiger partial charge in [0.05, 0.1) is 0 Å². The number of carbonyl (C=O) groups is 1. The maximum Gasteiger partial charge on any atom is 0.325 e. The predicted octanol–water partition coefficient (Wildman–Crippen LogP) is 2.75. The smallest absolute Gasteiger partial charge is 0.325 e. The Bertz CT molecular complexity index is 684. The van der Waals surface area contributed by atoms with Crippen LogP contribution in [0.15, 0.2) is 42.7 Å². The van der Waals surface area contributed by atoms with Crippen LogP contribution in [-0.4, -0.2) is 34.0 Å². The van der Waals surface area contributed by atoms with E-state index in [2.05, 4.69) is 4.98 Å². The fourth-order valence-electron chi connectivity index (χ4n) is 2.92. The van der Waals surface area contributed by atoms with Crippen molar-refractivity contribution in [2.75, 3.05) is 13.1 Å². The van der Waals surface area contributed by atoms with E-state index in [0.717, 1.165) is 0 Å². The summed E-state index contributed by atoms with van der Waals surface area (Å²) in [6, 6.07) is 7.70. The molecule has 1 atom stereocenters. The molecule has 1 fully saturated rings. The fraction of sp³-hybridized carbons (Fsp3) is 0.294. The molecule has 3 rings (SSSR count). The molecule has 1 aromatic heterocycles. The minimum absolute atomic E-state index is 0.314. The van der Waals surface area contributed by atoms with Gasteiger partial charge in [-0.15, -0.1) is 0 Å². The first-order chi connectivity index (χ1) is 10.6. The number of aryl methyl sites for hydroxylation is 1. The maximum atomic E-state index is 13.4. The van der Waals surface area contributed by atoms with Crippen LogP contribution in [0.4, 0.5) is 4.39 Å². The molecule has 1 aromatic carbocycles. The molecule has 1 aliphatic rings. The van der Waals surface area contributed by atoms with E-state index in [-0.39, 0.29) is 5.82 Å². The van der Waals surface area contributed by atoms with Crippen molar-refractivity contribution in [2.24, 2.45) is 0 Å². The number of rotatable bonds is 4. The van der Waals surface area contributed by atoms with E-state index < -0.39 is 12.0 Å². The lowest BCUT2D eigenvalue weighted by atomic mass is 9.89. The molecule has 0 bridgehead atoms. The summed E-state index contributed by atoms with van der Waals surface area (Å²) in [6.45, 7) is 3.00. The van der Waals surface area contributed by atoms with Crippen molar-refractivity contribution < 1.29 is 14.3 Å². The average Bonchev–Trinajstić information content (AvgIpc) is 2.46. The molecule has 0 saturated carbocycles. The zero-order valence-corrected chi connectivity index (χ0v) is 12.2. The van der Waals surface area contributed by atoms with Crippen LogP contribution < -0.4 is 0 Å². The predicted molar refractivity (Wildman–Crippen MR) is 80.1 cm³/mol. The van der Waals surface area contributed by atoms with Crippen molar-refractivity contribution in [3.8, 4) is 0 Å². The average molecular weight is 300 g/mol. The van der Waals surface area contributed by atoms with Gasteiger partial charge in [-0.1, -0.05) is 12.1 Å². The molecule has 4 nitrogen and oxygen atoms in total. The molecule has 114 valence electrons. The first kappa shape index (κ1) is 14.7. The van der Waals surface area contributed by atoms with Crippen LogP contribution in [0.5, 0.6) is 0 Å². The van der Waals surface area contributed by atoms with Crippen LogP contribution in [0.2, 0.25) is 0 Å². The largest absolute Gasteiger partial charge is 0.480 e. The molecule has 1 aliphatic heterocycles. The van der Waals surface area contributed by atoms with Crippen LogP contribution in [0.3, 0.4) is 0 Å². The number of pyridine rings is 1. The molecule has 1 unspecified atom stereocenters. The quantitative estimate of drug-likeness (QED) is 0.943. The number of aromatic nitrogens is 1. The fourth-order valence-corrected chi connectivity index (χ4v) is 2.92. The van der Waals surface area contributed by atoms with Gasteiger partial charge in [0.1, 0.15) is 11.9 Å². The van der Waals surface area contributed by atoms with Crippen molar-refractivity contribution in [2.45, 2.75) is 18.9 Å². The Hall–Kier alpha value is -2.27. The number of carboxylic acids is 1. The summed E-state index contributed by atoms with van der Waals surface area (Å²) < 4.78 is 13.4. The highest BCUT2D eigenvalue weighted by molar-refractivity contribution is 5.76. The summed E-state index contributed by atoms with van der Waals surface area (Å²) >= 11 is 0. The molecule has 2 heterocycles. The lowest BCUT2D eigenvalue weighted by molar-refractivity contribution is -0.145. The van der Waals surface area contributed by atoms with Gasteiger partial charge in [0.2, 0.25) is 0 Å². The Labute approximate surface area is 128 Å². The summed E-state index contributed by atoms with van der Waals surface area (Å²) in [5.41, 5.74) is 2.26. The second kappa shape index (κ2) is 5.85. The van der Waals surface area contributed by atoms with Crippen LogP contribution in [0.25, 0.3) is 0 Å². The number of nitrogens with zero attached hydrogens (tertiary/aromatic N) is 2. The number of halogens is 1. The van der Waals surface area contributed by atoms with Gasteiger partial charge in [-0.2, -0.15) is 0 Å². The van der Waals surface area contributed by atoms with Crippen molar-refractivity contribution >= 4 is 5.97 Å². The normalized spacial score (nSPS) is 17.0. The van der Waals surface area contributed by atoms with Crippen LogP contribution in [-0.2, 0) is 4.79 Å². The Kier molecular flexibility index (Phi) is 3.90. The Morgan fingerprint density at radius 2 is 2.00 bits per heavy atom. The second-order valence-corrected chi connectivity index (χ2v) is 5.68. The molecule has 0 spiro atoms. The summed E-state index contributed by atoms with van der Waals surface area (Å²) in [5.74, 6) is -0.892. The van der Waals surface area contributed by atoms with Crippen LogP contribution in [0.1, 0.15) is 28.7 Å².